The van der Waals surface area contributed by atoms with E-state index in [1.807, 2.05) is 4.57 Å². The fraction of sp³-hybridized carbons (Fsp3) is 0.556. The van der Waals surface area contributed by atoms with Crippen molar-refractivity contribution in [1.82, 2.24) is 19.5 Å². The molecule has 0 radical (unpaired) electrons. The van der Waals surface area contributed by atoms with Crippen molar-refractivity contribution in [1.29, 1.82) is 0 Å². The van der Waals surface area contributed by atoms with E-state index in [-0.39, 0.29) is 17.3 Å². The van der Waals surface area contributed by atoms with Gasteiger partial charge in [-0.15, -0.1) is 0 Å². The molecule has 1 fully saturated rings. The lowest BCUT2D eigenvalue weighted by Crippen LogP contribution is -2.42. The van der Waals surface area contributed by atoms with E-state index in [1.54, 1.807) is 19.4 Å². The highest BCUT2D eigenvalue weighted by Crippen LogP contribution is 2.44. The summed E-state index contributed by atoms with van der Waals surface area (Å²) in [7, 11) is 0. The van der Waals surface area contributed by atoms with Crippen molar-refractivity contribution < 1.29 is 9.53 Å². The minimum absolute atomic E-state index is 0.00141. The monoisotopic (exact) mass is 375 g/mol. The second-order valence-corrected chi connectivity index (χ2v) is 7.02. The molecule has 0 N–H and O–H groups in total. The van der Waals surface area contributed by atoms with Crippen LogP contribution in [-0.4, -0.2) is 38.1 Å². The number of halogens is 1. The average molecular weight is 376 g/mol. The quantitative estimate of drug-likeness (QED) is 0.599. The molecule has 7 nitrogen and oxygen atoms in total. The molecule has 0 spiro atoms. The maximum Gasteiger partial charge on any atom is 0.358 e. The first-order valence-electron chi connectivity index (χ1n) is 9.21. The highest BCUT2D eigenvalue weighted by atomic mass is 35.5. The summed E-state index contributed by atoms with van der Waals surface area (Å²) < 4.78 is 7.14. The van der Waals surface area contributed by atoms with Crippen LogP contribution < -0.4 is 4.90 Å². The summed E-state index contributed by atoms with van der Waals surface area (Å²) in [6.07, 6.45) is 8.83. The molecule has 1 unspecified atom stereocenters. The number of carbonyl (C=O) groups is 1. The first-order valence-corrected chi connectivity index (χ1v) is 9.59. The van der Waals surface area contributed by atoms with Crippen LogP contribution in [0.3, 0.4) is 0 Å². The summed E-state index contributed by atoms with van der Waals surface area (Å²) >= 11 is 6.12. The number of fused-ring (bicyclic) bond motifs is 3. The van der Waals surface area contributed by atoms with Crippen LogP contribution in [0.2, 0.25) is 5.28 Å². The van der Waals surface area contributed by atoms with Crippen molar-refractivity contribution in [2.75, 3.05) is 11.5 Å². The van der Waals surface area contributed by atoms with Crippen LogP contribution in [0.15, 0.2) is 12.5 Å². The van der Waals surface area contributed by atoms with Crippen LogP contribution in [0, 0.1) is 0 Å². The van der Waals surface area contributed by atoms with Crippen molar-refractivity contribution in [3.05, 3.63) is 29.2 Å². The third-order valence-corrected chi connectivity index (χ3v) is 5.44. The lowest BCUT2D eigenvalue weighted by atomic mass is 10.0. The topological polar surface area (TPSA) is 73.1 Å². The zero-order valence-corrected chi connectivity index (χ0v) is 15.7. The largest absolute Gasteiger partial charge is 0.461 e. The van der Waals surface area contributed by atoms with E-state index in [9.17, 15) is 4.79 Å². The van der Waals surface area contributed by atoms with Gasteiger partial charge in [-0.3, -0.25) is 4.57 Å². The van der Waals surface area contributed by atoms with E-state index >= 15 is 0 Å². The van der Waals surface area contributed by atoms with Crippen LogP contribution >= 0.6 is 11.6 Å². The maximum atomic E-state index is 12.5. The van der Waals surface area contributed by atoms with Crippen LogP contribution in [0.25, 0.3) is 5.69 Å². The lowest BCUT2D eigenvalue weighted by Gasteiger charge is -2.41. The molecule has 1 saturated carbocycles. The van der Waals surface area contributed by atoms with Gasteiger partial charge in [0.25, 0.3) is 0 Å². The summed E-state index contributed by atoms with van der Waals surface area (Å²) in [5.74, 6) is 0.438. The Bertz CT molecular complexity index is 831. The molecule has 2 aromatic heterocycles. The second-order valence-electron chi connectivity index (χ2n) is 6.69. The number of carbonyl (C=O) groups excluding carboxylic acids is 1. The fourth-order valence-corrected chi connectivity index (χ4v) is 4.34. The molecular weight excluding hydrogens is 354 g/mol. The predicted molar refractivity (Wildman–Crippen MR) is 97.9 cm³/mol. The van der Waals surface area contributed by atoms with E-state index in [1.165, 1.54) is 12.8 Å². The summed E-state index contributed by atoms with van der Waals surface area (Å²) in [5, 5.41) is 0.232. The van der Waals surface area contributed by atoms with Crippen molar-refractivity contribution in [3.63, 3.8) is 0 Å². The number of rotatable bonds is 4. The third kappa shape index (κ3) is 2.65. The normalized spacial score (nSPS) is 19.3. The molecule has 1 atom stereocenters. The van der Waals surface area contributed by atoms with E-state index in [0.717, 1.165) is 36.5 Å². The Kier molecular flexibility index (Phi) is 4.56. The molecule has 3 heterocycles. The number of hydrogen-bond donors (Lipinski definition) is 0. The average Bonchev–Trinajstić information content (AvgIpc) is 3.30. The Morgan fingerprint density at radius 1 is 1.31 bits per heavy atom. The van der Waals surface area contributed by atoms with E-state index in [2.05, 4.69) is 26.8 Å². The van der Waals surface area contributed by atoms with Gasteiger partial charge in [0.15, 0.2) is 11.5 Å². The Morgan fingerprint density at radius 3 is 2.77 bits per heavy atom. The predicted octanol–water partition coefficient (Wildman–Crippen LogP) is 3.71. The third-order valence-electron chi connectivity index (χ3n) is 5.25. The molecule has 1 aliphatic carbocycles. The number of ether oxygens (including phenoxy) is 1. The van der Waals surface area contributed by atoms with Gasteiger partial charge in [0.2, 0.25) is 5.28 Å². The first-order chi connectivity index (χ1) is 12.7. The molecule has 0 aromatic carbocycles. The fourth-order valence-electron chi connectivity index (χ4n) is 4.21. The van der Waals surface area contributed by atoms with Gasteiger partial charge in [0.1, 0.15) is 12.0 Å². The van der Waals surface area contributed by atoms with E-state index < -0.39 is 0 Å². The van der Waals surface area contributed by atoms with Crippen LogP contribution in [0.5, 0.6) is 0 Å². The number of hydrogen-bond acceptors (Lipinski definition) is 6. The SMILES string of the molecule is CCOC(=O)c1ncn2c1C(CC)N(C1CCCC1)c1nc(Cl)ncc1-2. The maximum absolute atomic E-state index is 12.5. The Hall–Kier alpha value is -2.15. The standard InChI is InChI=1S/C18H22ClN5O2/c1-3-12-15-14(17(25)26-4-2)21-10-23(15)13-9-20-18(19)22-16(13)24(12)11-7-5-6-8-11/h9-12H,3-8H2,1-2H3. The van der Waals surface area contributed by atoms with E-state index in [0.29, 0.717) is 18.3 Å². The van der Waals surface area contributed by atoms with Gasteiger partial charge in [0.05, 0.1) is 24.5 Å². The number of imidazole rings is 1. The highest BCUT2D eigenvalue weighted by Gasteiger charge is 2.40. The molecular formula is C18H22ClN5O2. The summed E-state index contributed by atoms with van der Waals surface area (Å²) in [4.78, 5) is 27.9. The van der Waals surface area contributed by atoms with Gasteiger partial charge in [-0.2, -0.15) is 4.98 Å². The van der Waals surface area contributed by atoms with Crippen molar-refractivity contribution >= 4 is 23.4 Å². The van der Waals surface area contributed by atoms with Gasteiger partial charge in [0, 0.05) is 6.04 Å². The smallest absolute Gasteiger partial charge is 0.358 e. The van der Waals surface area contributed by atoms with Crippen molar-refractivity contribution in [3.8, 4) is 5.69 Å². The van der Waals surface area contributed by atoms with Gasteiger partial charge >= 0.3 is 5.97 Å². The number of esters is 1. The highest BCUT2D eigenvalue weighted by molar-refractivity contribution is 6.28. The Morgan fingerprint density at radius 2 is 2.08 bits per heavy atom. The zero-order chi connectivity index (χ0) is 18.3. The Labute approximate surface area is 157 Å². The molecule has 0 bridgehead atoms. The van der Waals surface area contributed by atoms with Crippen LogP contribution in [0.1, 0.15) is 68.2 Å². The Balaban J connectivity index is 1.90. The molecule has 0 amide bonds. The van der Waals surface area contributed by atoms with Crippen molar-refractivity contribution in [2.24, 2.45) is 0 Å². The van der Waals surface area contributed by atoms with Crippen LogP contribution in [0.4, 0.5) is 5.82 Å². The summed E-state index contributed by atoms with van der Waals surface area (Å²) in [6, 6.07) is 0.377. The minimum atomic E-state index is -0.385. The molecule has 1 aliphatic heterocycles. The van der Waals surface area contributed by atoms with E-state index in [4.69, 9.17) is 16.3 Å². The molecule has 8 heteroatoms. The molecule has 2 aromatic rings. The lowest BCUT2D eigenvalue weighted by molar-refractivity contribution is 0.0517. The zero-order valence-electron chi connectivity index (χ0n) is 15.0. The summed E-state index contributed by atoms with van der Waals surface area (Å²) in [6.45, 7) is 4.24. The second kappa shape index (κ2) is 6.87. The summed E-state index contributed by atoms with van der Waals surface area (Å²) in [5.41, 5.74) is 2.04. The number of aromatic nitrogens is 4. The van der Waals surface area contributed by atoms with Gasteiger partial charge in [-0.1, -0.05) is 19.8 Å². The van der Waals surface area contributed by atoms with Crippen molar-refractivity contribution in [2.45, 2.75) is 58.0 Å². The molecule has 0 saturated heterocycles. The first kappa shape index (κ1) is 17.3. The molecule has 2 aliphatic rings. The van der Waals surface area contributed by atoms with Gasteiger partial charge in [-0.25, -0.2) is 14.8 Å². The molecule has 26 heavy (non-hydrogen) atoms. The van der Waals surface area contributed by atoms with Gasteiger partial charge < -0.3 is 9.64 Å². The number of nitrogens with zero attached hydrogens (tertiary/aromatic N) is 5. The van der Waals surface area contributed by atoms with Gasteiger partial charge in [-0.05, 0) is 37.8 Å². The number of anilines is 1. The molecule has 138 valence electrons. The molecule has 4 rings (SSSR count). The van der Waals surface area contributed by atoms with Crippen LogP contribution in [-0.2, 0) is 4.74 Å². The minimum Gasteiger partial charge on any atom is -0.461 e.